The van der Waals surface area contributed by atoms with Crippen LogP contribution in [-0.2, 0) is 10.0 Å². The van der Waals surface area contributed by atoms with Gasteiger partial charge < -0.3 is 15.2 Å². The molecular weight excluding hydrogens is 478 g/mol. The summed E-state index contributed by atoms with van der Waals surface area (Å²) in [6, 6.07) is 9.99. The molecule has 3 N–H and O–H groups in total. The van der Waals surface area contributed by atoms with Gasteiger partial charge in [0.25, 0.3) is 15.9 Å². The fourth-order valence-electron chi connectivity index (χ4n) is 3.32. The van der Waals surface area contributed by atoms with Gasteiger partial charge in [0.05, 0.1) is 17.3 Å². The summed E-state index contributed by atoms with van der Waals surface area (Å²) in [4.78, 5) is 11.7. The molecule has 1 aliphatic rings. The van der Waals surface area contributed by atoms with Crippen LogP contribution in [0.5, 0.6) is 11.5 Å². The summed E-state index contributed by atoms with van der Waals surface area (Å²) in [6.07, 6.45) is 0.385. The second-order valence-corrected chi connectivity index (χ2v) is 9.23. The molecule has 7 nitrogen and oxygen atoms in total. The minimum absolute atomic E-state index is 0.0962. The molecular formula is C22H17ClF2N2O5S. The second kappa shape index (κ2) is 8.87. The largest absolute Gasteiger partial charge is 0.505 e. The maximum atomic E-state index is 14.7. The van der Waals surface area contributed by atoms with Gasteiger partial charge in [0.2, 0.25) is 0 Å². The third-order valence-corrected chi connectivity index (χ3v) is 6.59. The molecule has 0 spiro atoms. The first kappa shape index (κ1) is 22.8. The number of nitrogens with one attached hydrogen (secondary N) is 2. The van der Waals surface area contributed by atoms with Gasteiger partial charge in [0, 0.05) is 29.3 Å². The van der Waals surface area contributed by atoms with Gasteiger partial charge in [0.15, 0.2) is 5.75 Å². The van der Waals surface area contributed by atoms with Crippen molar-refractivity contribution in [3.05, 3.63) is 70.8 Å². The molecule has 33 heavy (non-hydrogen) atoms. The molecule has 1 aliphatic heterocycles. The zero-order valence-corrected chi connectivity index (χ0v) is 18.4. The zero-order chi connectivity index (χ0) is 23.8. The molecule has 4 rings (SSSR count). The SMILES string of the molecule is O=C1NCCCOc2ccccc2-c2cc(c(F)cc2F)NS(=O)(=O)c2cc1cc(Cl)c2O. The normalized spacial score (nSPS) is 15.5. The van der Waals surface area contributed by atoms with Crippen LogP contribution < -0.4 is 14.8 Å². The molecule has 172 valence electrons. The Balaban J connectivity index is 1.91. The monoisotopic (exact) mass is 494 g/mol. The van der Waals surface area contributed by atoms with E-state index in [1.54, 1.807) is 24.3 Å². The number of hydrogen-bond donors (Lipinski definition) is 3. The number of ether oxygens (including phenoxy) is 1. The first-order valence-corrected chi connectivity index (χ1v) is 11.6. The van der Waals surface area contributed by atoms with Crippen molar-refractivity contribution in [3.63, 3.8) is 0 Å². The van der Waals surface area contributed by atoms with Crippen LogP contribution in [0.4, 0.5) is 14.5 Å². The molecule has 1 heterocycles. The highest BCUT2D eigenvalue weighted by atomic mass is 35.5. The first-order chi connectivity index (χ1) is 15.7. The molecule has 3 aromatic rings. The minimum atomic E-state index is -4.63. The van der Waals surface area contributed by atoms with Crippen LogP contribution in [0.1, 0.15) is 16.8 Å². The summed E-state index contributed by atoms with van der Waals surface area (Å²) in [5.41, 5.74) is -0.518. The number of halogens is 3. The van der Waals surface area contributed by atoms with Crippen molar-refractivity contribution in [2.45, 2.75) is 11.3 Å². The number of anilines is 1. The number of para-hydroxylation sites is 1. The number of carbonyl (C=O) groups is 1. The molecule has 0 atom stereocenters. The predicted molar refractivity (Wildman–Crippen MR) is 118 cm³/mol. The fourth-order valence-corrected chi connectivity index (χ4v) is 4.79. The van der Waals surface area contributed by atoms with Crippen LogP contribution >= 0.6 is 11.6 Å². The summed E-state index contributed by atoms with van der Waals surface area (Å²) in [5.74, 6) is -3.25. The number of sulfonamides is 1. The number of hydrogen-bond acceptors (Lipinski definition) is 5. The van der Waals surface area contributed by atoms with E-state index in [4.69, 9.17) is 16.3 Å². The molecule has 0 fully saturated rings. The van der Waals surface area contributed by atoms with Gasteiger partial charge in [-0.05, 0) is 30.7 Å². The zero-order valence-electron chi connectivity index (χ0n) is 16.9. The van der Waals surface area contributed by atoms with E-state index in [2.05, 4.69) is 5.32 Å². The van der Waals surface area contributed by atoms with E-state index < -0.39 is 43.9 Å². The van der Waals surface area contributed by atoms with Gasteiger partial charge in [-0.25, -0.2) is 17.2 Å². The Morgan fingerprint density at radius 1 is 1.03 bits per heavy atom. The van der Waals surface area contributed by atoms with Crippen LogP contribution in [-0.4, -0.2) is 32.6 Å². The average molecular weight is 495 g/mol. The smallest absolute Gasteiger partial charge is 0.265 e. The van der Waals surface area contributed by atoms with E-state index in [-0.39, 0.29) is 34.9 Å². The first-order valence-electron chi connectivity index (χ1n) is 9.72. The lowest BCUT2D eigenvalue weighted by atomic mass is 10.0. The average Bonchev–Trinajstić information content (AvgIpc) is 2.76. The summed E-state index contributed by atoms with van der Waals surface area (Å²) in [5, 5.41) is 12.4. The number of amides is 1. The number of phenolic OH excluding ortho intramolecular Hbond substituents is 1. The second-order valence-electron chi connectivity index (χ2n) is 7.18. The molecule has 11 heteroatoms. The van der Waals surface area contributed by atoms with Crippen molar-refractivity contribution in [1.29, 1.82) is 0 Å². The number of aromatic hydroxyl groups is 1. The molecule has 1 amide bonds. The summed E-state index contributed by atoms with van der Waals surface area (Å²) < 4.78 is 62.9. The van der Waals surface area contributed by atoms with Crippen molar-refractivity contribution in [2.24, 2.45) is 0 Å². The highest BCUT2D eigenvalue weighted by Gasteiger charge is 2.26. The number of rotatable bonds is 0. The quantitative estimate of drug-likeness (QED) is 0.432. The van der Waals surface area contributed by atoms with Crippen LogP contribution in [0.25, 0.3) is 11.1 Å². The minimum Gasteiger partial charge on any atom is -0.505 e. The third-order valence-electron chi connectivity index (χ3n) is 4.92. The highest BCUT2D eigenvalue weighted by molar-refractivity contribution is 7.92. The molecule has 3 aromatic carbocycles. The van der Waals surface area contributed by atoms with Crippen LogP contribution in [0.2, 0.25) is 5.02 Å². The van der Waals surface area contributed by atoms with Gasteiger partial charge >= 0.3 is 0 Å². The van der Waals surface area contributed by atoms with Crippen molar-refractivity contribution in [3.8, 4) is 22.6 Å². The lowest BCUT2D eigenvalue weighted by Crippen LogP contribution is -2.26. The van der Waals surface area contributed by atoms with E-state index in [1.807, 2.05) is 4.72 Å². The van der Waals surface area contributed by atoms with E-state index in [1.165, 1.54) is 0 Å². The van der Waals surface area contributed by atoms with Crippen LogP contribution in [0, 0.1) is 11.6 Å². The highest BCUT2D eigenvalue weighted by Crippen LogP contribution is 2.37. The predicted octanol–water partition coefficient (Wildman–Crippen LogP) is 4.30. The Bertz CT molecular complexity index is 1370. The standard InChI is InChI=1S/C22H17ClF2N2O5S/c23-15-8-12-9-20(21(15)28)33(30,31)27-18-10-14(16(24)11-17(18)25)13-4-1-2-5-19(13)32-7-3-6-26-22(12)29/h1-2,4-5,8-11,27-28H,3,6-7H2,(H,26,29). The molecule has 0 saturated heterocycles. The van der Waals surface area contributed by atoms with Crippen molar-refractivity contribution < 1.29 is 31.8 Å². The number of benzene rings is 3. The Kier molecular flexibility index (Phi) is 6.13. The third kappa shape index (κ3) is 4.57. The Morgan fingerprint density at radius 2 is 1.79 bits per heavy atom. The maximum Gasteiger partial charge on any atom is 0.265 e. The Labute approximate surface area is 193 Å². The summed E-state index contributed by atoms with van der Waals surface area (Å²) in [7, 11) is -4.63. The molecule has 0 aliphatic carbocycles. The number of phenols is 1. The number of fused-ring (bicyclic) bond motifs is 6. The van der Waals surface area contributed by atoms with Gasteiger partial charge in [-0.1, -0.05) is 29.8 Å². The van der Waals surface area contributed by atoms with Crippen LogP contribution in [0.3, 0.4) is 0 Å². The lowest BCUT2D eigenvalue weighted by Gasteiger charge is -2.16. The summed E-state index contributed by atoms with van der Waals surface area (Å²) >= 11 is 5.93. The lowest BCUT2D eigenvalue weighted by molar-refractivity contribution is 0.0951. The Morgan fingerprint density at radius 3 is 2.58 bits per heavy atom. The number of carbonyl (C=O) groups excluding carboxylic acids is 1. The van der Waals surface area contributed by atoms with E-state index in [0.717, 1.165) is 18.2 Å². The molecule has 0 radical (unpaired) electrons. The van der Waals surface area contributed by atoms with E-state index in [9.17, 15) is 27.1 Å². The van der Waals surface area contributed by atoms with Gasteiger partial charge in [-0.3, -0.25) is 9.52 Å². The van der Waals surface area contributed by atoms with Crippen molar-refractivity contribution in [1.82, 2.24) is 5.32 Å². The van der Waals surface area contributed by atoms with E-state index in [0.29, 0.717) is 18.2 Å². The maximum absolute atomic E-state index is 14.7. The molecule has 0 saturated carbocycles. The summed E-state index contributed by atoms with van der Waals surface area (Å²) in [6.45, 7) is 0.371. The molecule has 4 bridgehead atoms. The van der Waals surface area contributed by atoms with Gasteiger partial charge in [0.1, 0.15) is 22.3 Å². The van der Waals surface area contributed by atoms with Crippen molar-refractivity contribution in [2.75, 3.05) is 17.9 Å². The fraction of sp³-hybridized carbons (Fsp3) is 0.136. The van der Waals surface area contributed by atoms with Gasteiger partial charge in [-0.2, -0.15) is 0 Å². The molecule has 0 unspecified atom stereocenters. The van der Waals surface area contributed by atoms with Gasteiger partial charge in [-0.15, -0.1) is 0 Å². The van der Waals surface area contributed by atoms with Crippen molar-refractivity contribution >= 4 is 33.2 Å². The molecule has 0 aromatic heterocycles. The van der Waals surface area contributed by atoms with E-state index >= 15 is 0 Å². The Hall–Kier alpha value is -3.37. The van der Waals surface area contributed by atoms with Crippen LogP contribution in [0.15, 0.2) is 53.4 Å². The topological polar surface area (TPSA) is 105 Å².